The van der Waals surface area contributed by atoms with Crippen LogP contribution in [0.4, 0.5) is 0 Å². The van der Waals surface area contributed by atoms with Gasteiger partial charge in [0.2, 0.25) is 0 Å². The highest BCUT2D eigenvalue weighted by Crippen LogP contribution is 2.10. The molecule has 0 aliphatic carbocycles. The van der Waals surface area contributed by atoms with Crippen molar-refractivity contribution < 1.29 is 4.79 Å². The molecule has 0 spiro atoms. The first kappa shape index (κ1) is 12.5. The van der Waals surface area contributed by atoms with E-state index in [-0.39, 0.29) is 5.91 Å². The van der Waals surface area contributed by atoms with Gasteiger partial charge in [0, 0.05) is 12.4 Å². The normalized spacial score (nSPS) is 10.3. The van der Waals surface area contributed by atoms with Gasteiger partial charge in [-0.15, -0.1) is 22.9 Å². The van der Waals surface area contributed by atoms with E-state index in [1.54, 1.807) is 6.20 Å². The number of unbranched alkanes of at least 4 members (excludes halogenated alkanes) is 2. The van der Waals surface area contributed by atoms with Gasteiger partial charge in [-0.05, 0) is 19.8 Å². The van der Waals surface area contributed by atoms with E-state index in [0.29, 0.717) is 17.3 Å². The Hall–Kier alpha value is -0.610. The first-order chi connectivity index (χ1) is 7.24. The molecule has 84 valence electrons. The van der Waals surface area contributed by atoms with Crippen molar-refractivity contribution in [2.75, 3.05) is 12.4 Å². The van der Waals surface area contributed by atoms with Crippen molar-refractivity contribution in [3.8, 4) is 0 Å². The van der Waals surface area contributed by atoms with Crippen LogP contribution >= 0.6 is 22.9 Å². The molecular weight excluding hydrogens is 232 g/mol. The van der Waals surface area contributed by atoms with Crippen LogP contribution in [-0.2, 0) is 0 Å². The third kappa shape index (κ3) is 4.62. The number of thiazole rings is 1. The lowest BCUT2D eigenvalue weighted by atomic mass is 10.2. The van der Waals surface area contributed by atoms with Crippen LogP contribution in [0.1, 0.15) is 33.9 Å². The minimum atomic E-state index is -0.0218. The van der Waals surface area contributed by atoms with E-state index >= 15 is 0 Å². The molecule has 0 atom stereocenters. The molecule has 1 rings (SSSR count). The van der Waals surface area contributed by atoms with Gasteiger partial charge in [0.1, 0.15) is 4.88 Å². The molecule has 0 unspecified atom stereocenters. The standard InChI is InChI=1S/C10H15ClN2OS/c1-8-13-7-9(15-8)10(14)12-6-4-2-3-5-11/h7H,2-6H2,1H3,(H,12,14). The summed E-state index contributed by atoms with van der Waals surface area (Å²) in [6, 6.07) is 0. The number of nitrogens with zero attached hydrogens (tertiary/aromatic N) is 1. The van der Waals surface area contributed by atoms with Crippen LogP contribution in [0.2, 0.25) is 0 Å². The van der Waals surface area contributed by atoms with Crippen molar-refractivity contribution in [2.24, 2.45) is 0 Å². The van der Waals surface area contributed by atoms with Gasteiger partial charge in [-0.3, -0.25) is 4.79 Å². The summed E-state index contributed by atoms with van der Waals surface area (Å²) >= 11 is 6.97. The van der Waals surface area contributed by atoms with Crippen LogP contribution < -0.4 is 5.32 Å². The summed E-state index contributed by atoms with van der Waals surface area (Å²) in [5.41, 5.74) is 0. The quantitative estimate of drug-likeness (QED) is 0.619. The number of amides is 1. The first-order valence-corrected chi connectivity index (χ1v) is 6.35. The number of alkyl halides is 1. The zero-order valence-electron chi connectivity index (χ0n) is 8.75. The third-order valence-corrected chi connectivity index (χ3v) is 3.12. The second kappa shape index (κ2) is 6.80. The number of carbonyl (C=O) groups is 1. The molecule has 0 bridgehead atoms. The maximum Gasteiger partial charge on any atom is 0.263 e. The van der Waals surface area contributed by atoms with Crippen molar-refractivity contribution in [1.82, 2.24) is 10.3 Å². The van der Waals surface area contributed by atoms with Crippen LogP contribution in [-0.4, -0.2) is 23.3 Å². The molecule has 0 saturated heterocycles. The minimum Gasteiger partial charge on any atom is -0.351 e. The predicted octanol–water partition coefficient (Wildman–Crippen LogP) is 2.59. The Balaban J connectivity index is 2.19. The Labute approximate surface area is 98.9 Å². The van der Waals surface area contributed by atoms with E-state index in [1.807, 2.05) is 6.92 Å². The summed E-state index contributed by atoms with van der Waals surface area (Å²) in [5.74, 6) is 0.675. The lowest BCUT2D eigenvalue weighted by Gasteiger charge is -2.01. The fourth-order valence-corrected chi connectivity index (χ4v) is 2.03. The monoisotopic (exact) mass is 246 g/mol. The highest BCUT2D eigenvalue weighted by molar-refractivity contribution is 7.13. The zero-order chi connectivity index (χ0) is 11.1. The van der Waals surface area contributed by atoms with Crippen LogP contribution in [0, 0.1) is 6.92 Å². The minimum absolute atomic E-state index is 0.0218. The molecule has 0 aromatic carbocycles. The van der Waals surface area contributed by atoms with Crippen molar-refractivity contribution in [1.29, 1.82) is 0 Å². The van der Waals surface area contributed by atoms with Gasteiger partial charge in [0.05, 0.1) is 11.2 Å². The lowest BCUT2D eigenvalue weighted by molar-refractivity contribution is 0.0957. The summed E-state index contributed by atoms with van der Waals surface area (Å²) < 4.78 is 0. The van der Waals surface area contributed by atoms with Crippen molar-refractivity contribution in [3.63, 3.8) is 0 Å². The molecule has 3 nitrogen and oxygen atoms in total. The SMILES string of the molecule is Cc1ncc(C(=O)NCCCCCCl)s1. The van der Waals surface area contributed by atoms with Crippen LogP contribution in [0.3, 0.4) is 0 Å². The van der Waals surface area contributed by atoms with E-state index < -0.39 is 0 Å². The molecule has 1 amide bonds. The predicted molar refractivity (Wildman–Crippen MR) is 63.8 cm³/mol. The zero-order valence-corrected chi connectivity index (χ0v) is 10.3. The van der Waals surface area contributed by atoms with Gasteiger partial charge < -0.3 is 5.32 Å². The number of hydrogen-bond acceptors (Lipinski definition) is 3. The number of rotatable bonds is 6. The lowest BCUT2D eigenvalue weighted by Crippen LogP contribution is -2.23. The number of nitrogens with one attached hydrogen (secondary N) is 1. The molecule has 1 N–H and O–H groups in total. The topological polar surface area (TPSA) is 42.0 Å². The van der Waals surface area contributed by atoms with Gasteiger partial charge in [0.25, 0.3) is 5.91 Å². The Morgan fingerprint density at radius 3 is 2.93 bits per heavy atom. The summed E-state index contributed by atoms with van der Waals surface area (Å²) in [4.78, 5) is 16.2. The second-order valence-electron chi connectivity index (χ2n) is 3.25. The number of carbonyl (C=O) groups excluding carboxylic acids is 1. The Morgan fingerprint density at radius 1 is 1.53 bits per heavy atom. The second-order valence-corrected chi connectivity index (χ2v) is 4.86. The van der Waals surface area contributed by atoms with Crippen molar-refractivity contribution >= 4 is 28.8 Å². The molecular formula is C10H15ClN2OS. The van der Waals surface area contributed by atoms with E-state index in [9.17, 15) is 4.79 Å². The Bertz CT molecular complexity index is 314. The molecule has 1 aromatic rings. The van der Waals surface area contributed by atoms with Crippen molar-refractivity contribution in [2.45, 2.75) is 26.2 Å². The summed E-state index contributed by atoms with van der Waals surface area (Å²) in [6.45, 7) is 2.61. The van der Waals surface area contributed by atoms with E-state index in [1.165, 1.54) is 11.3 Å². The van der Waals surface area contributed by atoms with Gasteiger partial charge in [-0.25, -0.2) is 4.98 Å². The maximum atomic E-state index is 11.5. The van der Waals surface area contributed by atoms with E-state index in [0.717, 1.165) is 24.3 Å². The average molecular weight is 247 g/mol. The number of aromatic nitrogens is 1. The molecule has 15 heavy (non-hydrogen) atoms. The van der Waals surface area contributed by atoms with E-state index in [4.69, 9.17) is 11.6 Å². The Morgan fingerprint density at radius 2 is 2.33 bits per heavy atom. The van der Waals surface area contributed by atoms with Gasteiger partial charge in [-0.1, -0.05) is 6.42 Å². The largest absolute Gasteiger partial charge is 0.351 e. The number of halogens is 1. The van der Waals surface area contributed by atoms with E-state index in [2.05, 4.69) is 10.3 Å². The molecule has 1 aromatic heterocycles. The van der Waals surface area contributed by atoms with Crippen LogP contribution in [0.25, 0.3) is 0 Å². The molecule has 0 saturated carbocycles. The van der Waals surface area contributed by atoms with Gasteiger partial charge >= 0.3 is 0 Å². The smallest absolute Gasteiger partial charge is 0.263 e. The van der Waals surface area contributed by atoms with Gasteiger partial charge in [0.15, 0.2) is 0 Å². The number of hydrogen-bond donors (Lipinski definition) is 1. The summed E-state index contributed by atoms with van der Waals surface area (Å²) in [5, 5.41) is 3.78. The van der Waals surface area contributed by atoms with Crippen LogP contribution in [0.5, 0.6) is 0 Å². The molecule has 0 aliphatic heterocycles. The van der Waals surface area contributed by atoms with Gasteiger partial charge in [-0.2, -0.15) is 0 Å². The molecule has 5 heteroatoms. The highest BCUT2D eigenvalue weighted by atomic mass is 35.5. The fourth-order valence-electron chi connectivity index (χ4n) is 1.15. The fraction of sp³-hybridized carbons (Fsp3) is 0.600. The summed E-state index contributed by atoms with van der Waals surface area (Å²) in [7, 11) is 0. The molecule has 0 aliphatic rings. The third-order valence-electron chi connectivity index (χ3n) is 1.94. The summed E-state index contributed by atoms with van der Waals surface area (Å²) in [6.07, 6.45) is 4.67. The maximum absolute atomic E-state index is 11.5. The average Bonchev–Trinajstić information content (AvgIpc) is 2.64. The first-order valence-electron chi connectivity index (χ1n) is 5.00. The molecule has 0 fully saturated rings. The number of aryl methyl sites for hydroxylation is 1. The van der Waals surface area contributed by atoms with Crippen molar-refractivity contribution in [3.05, 3.63) is 16.1 Å². The highest BCUT2D eigenvalue weighted by Gasteiger charge is 2.07. The molecule has 1 heterocycles. The van der Waals surface area contributed by atoms with Crippen LogP contribution in [0.15, 0.2) is 6.20 Å². The Kier molecular flexibility index (Phi) is 5.65. The molecule has 0 radical (unpaired) electrons.